The molecule has 1 unspecified atom stereocenters. The number of hydrogen-bond acceptors (Lipinski definition) is 3. The van der Waals surface area contributed by atoms with Crippen molar-refractivity contribution in [3.63, 3.8) is 0 Å². The number of rotatable bonds is 5. The molecule has 4 heteroatoms. The number of carboxylic acid groups (broad SMARTS) is 1. The Morgan fingerprint density at radius 1 is 1.28 bits per heavy atom. The van der Waals surface area contributed by atoms with E-state index >= 15 is 0 Å². The van der Waals surface area contributed by atoms with Gasteiger partial charge in [-0.1, -0.05) is 6.07 Å². The second-order valence-corrected chi connectivity index (χ2v) is 4.81. The van der Waals surface area contributed by atoms with Gasteiger partial charge in [0.15, 0.2) is 0 Å². The van der Waals surface area contributed by atoms with Crippen LogP contribution in [0.1, 0.15) is 27.8 Å². The van der Waals surface area contributed by atoms with Crippen LogP contribution in [0.2, 0.25) is 0 Å². The van der Waals surface area contributed by atoms with Crippen LogP contribution in [0.25, 0.3) is 0 Å². The summed E-state index contributed by atoms with van der Waals surface area (Å²) in [6.07, 6.45) is 0. The van der Waals surface area contributed by atoms with Gasteiger partial charge in [0.1, 0.15) is 6.04 Å². The Labute approximate surface area is 108 Å². The Morgan fingerprint density at radius 2 is 1.78 bits per heavy atom. The fraction of sp³-hybridized carbons (Fsp3) is 0.500. The Kier molecular flexibility index (Phi) is 4.87. The summed E-state index contributed by atoms with van der Waals surface area (Å²) in [7, 11) is 0. The molecule has 4 N–H and O–H groups in total. The predicted octanol–water partition coefficient (Wildman–Crippen LogP) is 1.42. The largest absolute Gasteiger partial charge is 0.480 e. The van der Waals surface area contributed by atoms with Crippen LogP contribution in [0.4, 0.5) is 0 Å². The molecule has 1 aromatic rings. The van der Waals surface area contributed by atoms with E-state index in [1.807, 2.05) is 0 Å². The van der Waals surface area contributed by atoms with Crippen LogP contribution in [0.3, 0.4) is 0 Å². The number of aryl methyl sites for hydroxylation is 2. The normalized spacial score (nSPS) is 12.5. The van der Waals surface area contributed by atoms with E-state index in [2.05, 4.69) is 39.1 Å². The summed E-state index contributed by atoms with van der Waals surface area (Å²) in [4.78, 5) is 10.6. The van der Waals surface area contributed by atoms with Gasteiger partial charge in [0, 0.05) is 13.1 Å². The summed E-state index contributed by atoms with van der Waals surface area (Å²) in [5.41, 5.74) is 11.7. The first-order valence-electron chi connectivity index (χ1n) is 6.10. The Morgan fingerprint density at radius 3 is 2.22 bits per heavy atom. The van der Waals surface area contributed by atoms with Crippen LogP contribution in [0, 0.1) is 27.7 Å². The van der Waals surface area contributed by atoms with Crippen molar-refractivity contribution in [1.82, 2.24) is 5.32 Å². The lowest BCUT2D eigenvalue weighted by Gasteiger charge is -2.16. The molecule has 1 aromatic carbocycles. The molecule has 0 spiro atoms. The molecule has 0 amide bonds. The quantitative estimate of drug-likeness (QED) is 0.739. The zero-order chi connectivity index (χ0) is 13.9. The fourth-order valence-corrected chi connectivity index (χ4v) is 2.00. The highest BCUT2D eigenvalue weighted by molar-refractivity contribution is 5.73. The van der Waals surface area contributed by atoms with Crippen molar-refractivity contribution in [3.05, 3.63) is 33.9 Å². The lowest BCUT2D eigenvalue weighted by atomic mass is 9.94. The average Bonchev–Trinajstić information content (AvgIpc) is 2.30. The maximum atomic E-state index is 10.6. The van der Waals surface area contributed by atoms with E-state index < -0.39 is 12.0 Å². The molecule has 1 atom stereocenters. The molecule has 0 aliphatic rings. The van der Waals surface area contributed by atoms with E-state index in [1.54, 1.807) is 0 Å². The number of benzene rings is 1. The van der Waals surface area contributed by atoms with E-state index in [-0.39, 0.29) is 6.54 Å². The minimum Gasteiger partial charge on any atom is -0.480 e. The van der Waals surface area contributed by atoms with Crippen molar-refractivity contribution >= 4 is 5.97 Å². The van der Waals surface area contributed by atoms with E-state index in [9.17, 15) is 4.79 Å². The highest BCUT2D eigenvalue weighted by atomic mass is 16.4. The van der Waals surface area contributed by atoms with Crippen molar-refractivity contribution < 1.29 is 9.90 Å². The van der Waals surface area contributed by atoms with Crippen LogP contribution in [0.15, 0.2) is 6.07 Å². The van der Waals surface area contributed by atoms with Crippen molar-refractivity contribution in [1.29, 1.82) is 0 Å². The number of hydrogen-bond donors (Lipinski definition) is 3. The predicted molar refractivity (Wildman–Crippen MR) is 72.7 cm³/mol. The van der Waals surface area contributed by atoms with Gasteiger partial charge < -0.3 is 16.2 Å². The molecule has 0 aliphatic heterocycles. The molecule has 18 heavy (non-hydrogen) atoms. The zero-order valence-corrected chi connectivity index (χ0v) is 11.5. The first-order chi connectivity index (χ1) is 8.34. The SMILES string of the molecule is Cc1cc(C)c(C)c(CNCC(N)C(=O)O)c1C. The average molecular weight is 250 g/mol. The Hall–Kier alpha value is -1.39. The first-order valence-corrected chi connectivity index (χ1v) is 6.10. The maximum absolute atomic E-state index is 10.6. The molecule has 0 aliphatic carbocycles. The number of nitrogens with two attached hydrogens (primary N) is 1. The van der Waals surface area contributed by atoms with Crippen LogP contribution in [-0.2, 0) is 11.3 Å². The second-order valence-electron chi connectivity index (χ2n) is 4.81. The van der Waals surface area contributed by atoms with Crippen LogP contribution in [0.5, 0.6) is 0 Å². The zero-order valence-electron chi connectivity index (χ0n) is 11.5. The maximum Gasteiger partial charge on any atom is 0.321 e. The van der Waals surface area contributed by atoms with Gasteiger partial charge in [-0.15, -0.1) is 0 Å². The number of carboxylic acids is 1. The summed E-state index contributed by atoms with van der Waals surface area (Å²) in [5.74, 6) is -0.976. The number of carbonyl (C=O) groups is 1. The fourth-order valence-electron chi connectivity index (χ4n) is 2.00. The van der Waals surface area contributed by atoms with Crippen molar-refractivity contribution in [2.24, 2.45) is 5.73 Å². The van der Waals surface area contributed by atoms with Gasteiger partial charge >= 0.3 is 5.97 Å². The molecule has 0 radical (unpaired) electrons. The van der Waals surface area contributed by atoms with Gasteiger partial charge in [-0.05, 0) is 55.5 Å². The summed E-state index contributed by atoms with van der Waals surface area (Å²) in [5, 5.41) is 11.8. The second kappa shape index (κ2) is 5.98. The van der Waals surface area contributed by atoms with Crippen molar-refractivity contribution in [2.75, 3.05) is 6.54 Å². The molecule has 0 saturated carbocycles. The van der Waals surface area contributed by atoms with Crippen molar-refractivity contribution in [3.8, 4) is 0 Å². The smallest absolute Gasteiger partial charge is 0.321 e. The van der Waals surface area contributed by atoms with Crippen LogP contribution in [-0.4, -0.2) is 23.7 Å². The third kappa shape index (κ3) is 3.31. The molecule has 0 saturated heterocycles. The molecular formula is C14H22N2O2. The molecular weight excluding hydrogens is 228 g/mol. The van der Waals surface area contributed by atoms with Gasteiger partial charge in [-0.3, -0.25) is 4.79 Å². The molecule has 0 aromatic heterocycles. The number of aliphatic carboxylic acids is 1. The highest BCUT2D eigenvalue weighted by Gasteiger charge is 2.12. The van der Waals surface area contributed by atoms with E-state index in [0.29, 0.717) is 6.54 Å². The molecule has 0 heterocycles. The Balaban J connectivity index is 2.76. The summed E-state index contributed by atoms with van der Waals surface area (Å²) in [6, 6.07) is 1.33. The summed E-state index contributed by atoms with van der Waals surface area (Å²) < 4.78 is 0. The third-order valence-corrected chi connectivity index (χ3v) is 3.50. The molecule has 0 fully saturated rings. The van der Waals surface area contributed by atoms with Gasteiger partial charge in [0.25, 0.3) is 0 Å². The van der Waals surface area contributed by atoms with Crippen LogP contribution < -0.4 is 11.1 Å². The van der Waals surface area contributed by atoms with E-state index in [4.69, 9.17) is 10.8 Å². The lowest BCUT2D eigenvalue weighted by molar-refractivity contribution is -0.138. The lowest BCUT2D eigenvalue weighted by Crippen LogP contribution is -2.40. The van der Waals surface area contributed by atoms with Gasteiger partial charge in [-0.25, -0.2) is 0 Å². The minimum absolute atomic E-state index is 0.279. The van der Waals surface area contributed by atoms with E-state index in [1.165, 1.54) is 27.8 Å². The Bertz CT molecular complexity index is 429. The number of nitrogens with one attached hydrogen (secondary N) is 1. The van der Waals surface area contributed by atoms with Gasteiger partial charge in [-0.2, -0.15) is 0 Å². The third-order valence-electron chi connectivity index (χ3n) is 3.50. The van der Waals surface area contributed by atoms with Gasteiger partial charge in [0.05, 0.1) is 0 Å². The standard InChI is InChI=1S/C14H22N2O2/c1-8-5-9(2)11(4)12(10(8)3)6-16-7-13(15)14(17)18/h5,13,16H,6-7,15H2,1-4H3,(H,17,18). The monoisotopic (exact) mass is 250 g/mol. The summed E-state index contributed by atoms with van der Waals surface area (Å²) >= 11 is 0. The molecule has 1 rings (SSSR count). The molecule has 4 nitrogen and oxygen atoms in total. The van der Waals surface area contributed by atoms with Gasteiger partial charge in [0.2, 0.25) is 0 Å². The minimum atomic E-state index is -0.976. The van der Waals surface area contributed by atoms with Crippen molar-refractivity contribution in [2.45, 2.75) is 40.3 Å². The molecule has 100 valence electrons. The topological polar surface area (TPSA) is 75.3 Å². The van der Waals surface area contributed by atoms with Crippen LogP contribution >= 0.6 is 0 Å². The molecule has 0 bridgehead atoms. The summed E-state index contributed by atoms with van der Waals surface area (Å²) in [6.45, 7) is 9.30. The highest BCUT2D eigenvalue weighted by Crippen LogP contribution is 2.21. The first kappa shape index (κ1) is 14.7. The van der Waals surface area contributed by atoms with E-state index in [0.717, 1.165) is 0 Å².